The molecule has 0 aliphatic heterocycles. The summed E-state index contributed by atoms with van der Waals surface area (Å²) >= 11 is 6.46. The van der Waals surface area contributed by atoms with Crippen molar-refractivity contribution in [1.29, 1.82) is 0 Å². The van der Waals surface area contributed by atoms with Crippen molar-refractivity contribution in [3.05, 3.63) is 249 Å². The van der Waals surface area contributed by atoms with Crippen molar-refractivity contribution < 1.29 is 65.5 Å². The summed E-state index contributed by atoms with van der Waals surface area (Å²) in [6.45, 7) is 24.9. The first-order chi connectivity index (χ1) is 50.8. The highest BCUT2D eigenvalue weighted by Crippen LogP contribution is 2.52. The minimum atomic E-state index is -0.265. The van der Waals surface area contributed by atoms with Gasteiger partial charge in [0.05, 0.1) is 124 Å². The molecule has 7 aromatic carbocycles. The zero-order valence-corrected chi connectivity index (χ0v) is 72.0. The summed E-state index contributed by atoms with van der Waals surface area (Å²) in [7, 11) is 26.6. The Bertz CT molecular complexity index is 3820. The summed E-state index contributed by atoms with van der Waals surface area (Å²) in [5.74, 6) is 1.08. The van der Waals surface area contributed by atoms with Gasteiger partial charge in [-0.15, -0.1) is 11.6 Å². The Kier molecular flexibility index (Phi) is 34.2. The summed E-state index contributed by atoms with van der Waals surface area (Å²) in [5, 5.41) is 61.6. The topological polar surface area (TPSA) is 121 Å². The number of alkyl halides is 1. The molecule has 14 heteroatoms. The maximum atomic E-state index is 10.9. The largest absolute Gasteiger partial charge is 1.00 e. The van der Waals surface area contributed by atoms with Gasteiger partial charge < -0.3 is 65.5 Å². The van der Waals surface area contributed by atoms with Crippen LogP contribution in [0.3, 0.4) is 0 Å². The van der Waals surface area contributed by atoms with Crippen LogP contribution in [0.1, 0.15) is 188 Å². The number of aliphatic hydroxyl groups excluding tert-OH is 6. The zero-order valence-electron chi connectivity index (χ0n) is 70.5. The van der Waals surface area contributed by atoms with Gasteiger partial charge in [-0.25, -0.2) is 0 Å². The number of quaternary nitrogens is 6. The lowest BCUT2D eigenvalue weighted by Gasteiger charge is -2.47. The molecule has 7 aromatic rings. The Balaban J connectivity index is 0.0000186. The van der Waals surface area contributed by atoms with Gasteiger partial charge in [0.15, 0.2) is 0 Å². The number of halogens is 2. The van der Waals surface area contributed by atoms with Crippen LogP contribution in [0.2, 0.25) is 0 Å². The summed E-state index contributed by atoms with van der Waals surface area (Å²) in [5.41, 5.74) is 17.1. The summed E-state index contributed by atoms with van der Waals surface area (Å²) in [6.07, 6.45) is 10.3. The van der Waals surface area contributed by atoms with Gasteiger partial charge >= 0.3 is 0 Å². The fourth-order valence-corrected chi connectivity index (χ4v) is 18.9. The maximum Gasteiger partial charge on any atom is 0.132 e. The quantitative estimate of drug-likeness (QED) is 0.0167. The van der Waals surface area contributed by atoms with Gasteiger partial charge in [-0.3, -0.25) is 4.48 Å². The molecule has 0 aliphatic carbocycles. The molecule has 600 valence electrons. The van der Waals surface area contributed by atoms with E-state index >= 15 is 0 Å². The molecule has 0 fully saturated rings. The van der Waals surface area contributed by atoms with E-state index < -0.39 is 0 Å². The lowest BCUT2D eigenvalue weighted by atomic mass is 9.68. The van der Waals surface area contributed by atoms with Crippen LogP contribution in [-0.2, 0) is 38.2 Å². The molecule has 6 atom stereocenters. The predicted octanol–water partition coefficient (Wildman–Crippen LogP) is 13.6. The summed E-state index contributed by atoms with van der Waals surface area (Å²) < 4.78 is 3.94. The molecule has 7 rings (SSSR count). The van der Waals surface area contributed by atoms with E-state index in [0.717, 1.165) is 87.7 Å². The first-order valence-corrected chi connectivity index (χ1v) is 40.7. The number of aryl methyl sites for hydroxylation is 2. The van der Waals surface area contributed by atoms with Gasteiger partial charge in [0.2, 0.25) is 0 Å². The summed E-state index contributed by atoms with van der Waals surface area (Å²) in [4.78, 5) is 0. The molecule has 0 saturated heterocycles. The highest BCUT2D eigenvalue weighted by atomic mass is 35.5. The van der Waals surface area contributed by atoms with Crippen LogP contribution < -0.4 is 16.9 Å². The number of aliphatic hydroxyl groups is 6. The molecule has 6 unspecified atom stereocenters. The van der Waals surface area contributed by atoms with E-state index in [1.807, 2.05) is 6.08 Å². The van der Waals surface area contributed by atoms with Crippen molar-refractivity contribution >= 4 is 23.4 Å². The normalized spacial score (nSPS) is 14.7. The van der Waals surface area contributed by atoms with Gasteiger partial charge in [0.1, 0.15) is 76.2 Å². The van der Waals surface area contributed by atoms with Gasteiger partial charge in [-0.05, 0) is 143 Å². The van der Waals surface area contributed by atoms with Crippen LogP contribution in [0.5, 0.6) is 0 Å². The first-order valence-electron chi connectivity index (χ1n) is 40.2. The molecule has 0 aromatic heterocycles. The standard InChI is InChI=1S/C95H145ClN6O6.ClH/c1-20-73-21-23-74(24-22-73)27-47-86(80-37-25-75(26-38-80)28-48-87(81-41-31-77(70-96)32-42-81)67-94(4,5)91(101(16,17)57-63-107)84-43-33-78(34-44-84)71-97(8,9)53-59-103)65-88(68-95(6,7)92(102(18,19)58-64-108)85-45-35-79(36-46-85)72-98(10,11)54-60-104)82-39-29-76(30-40-82)66-93(2,3)69-90(100(14,15)56-62-106)83-49-51-89(52-50-83)99(12,13)55-61-105;/h20-26,29-46,49-52,86-88,90-92,103-108H,1,27-28,47-48,53-72H2,2-19H3;1H/q+6;/p-1. The molecular formula is C95H145Cl2N6O6+5. The highest BCUT2D eigenvalue weighted by Gasteiger charge is 2.46. The molecule has 0 heterocycles. The van der Waals surface area contributed by atoms with Crippen LogP contribution in [0.25, 0.3) is 6.08 Å². The van der Waals surface area contributed by atoms with E-state index in [1.54, 1.807) is 0 Å². The van der Waals surface area contributed by atoms with E-state index in [9.17, 15) is 30.6 Å². The number of hydrogen-bond donors (Lipinski definition) is 6. The van der Waals surface area contributed by atoms with Crippen molar-refractivity contribution in [2.45, 2.75) is 154 Å². The summed E-state index contributed by atoms with van der Waals surface area (Å²) in [6, 6.07) is 65.2. The molecule has 0 bridgehead atoms. The van der Waals surface area contributed by atoms with Crippen LogP contribution >= 0.6 is 11.6 Å². The number of nitrogens with zero attached hydrogens (tertiary/aromatic N) is 6. The molecule has 0 radical (unpaired) electrons. The van der Waals surface area contributed by atoms with Crippen molar-refractivity contribution in [1.82, 2.24) is 4.48 Å². The Morgan fingerprint density at radius 3 is 1.12 bits per heavy atom. The van der Waals surface area contributed by atoms with E-state index in [1.165, 1.54) is 61.2 Å². The van der Waals surface area contributed by atoms with Crippen molar-refractivity contribution in [2.75, 3.05) is 163 Å². The number of benzene rings is 7. The Morgan fingerprint density at radius 1 is 0.367 bits per heavy atom. The van der Waals surface area contributed by atoms with Gasteiger partial charge in [0, 0.05) is 50.9 Å². The third-order valence-corrected chi connectivity index (χ3v) is 24.7. The van der Waals surface area contributed by atoms with Gasteiger partial charge in [0.25, 0.3) is 0 Å². The third-order valence-electron chi connectivity index (χ3n) is 24.4. The van der Waals surface area contributed by atoms with Crippen LogP contribution in [0, 0.1) is 16.2 Å². The first kappa shape index (κ1) is 92.3. The molecule has 0 aliphatic rings. The second kappa shape index (κ2) is 40.4. The fourth-order valence-electron chi connectivity index (χ4n) is 18.7. The minimum Gasteiger partial charge on any atom is -1.00 e. The molecule has 0 spiro atoms. The van der Waals surface area contributed by atoms with Crippen LogP contribution in [0.15, 0.2) is 176 Å². The SMILES string of the molecule is C=Cc1ccc(CCC(CC(CC(C)(C)C(c2ccc(C[N+](C)(C)CCO)cc2)[N+](C)(C)CCO)c2ccc(CC(C)(C)CC(c3ccc([N+](C)(C)CCO)cc3)[N+](C)(C)CCO)cc2)c2ccc(CCC(CC(C)(C)C(c3ccc(C[N+](C)(C)CCO)cc3)[N+](C)(C)CCO)c3ccc(CCl)cc3)cc2)cc1.[Cl-]. The number of likely N-dealkylation sites (N-methyl/N-ethyl adjacent to an activating group) is 6. The van der Waals surface area contributed by atoms with Crippen LogP contribution in [-0.4, -0.2) is 217 Å². The van der Waals surface area contributed by atoms with E-state index in [-0.39, 0.29) is 104 Å². The van der Waals surface area contributed by atoms with E-state index in [0.29, 0.717) is 72.0 Å². The van der Waals surface area contributed by atoms with Crippen LogP contribution in [0.4, 0.5) is 5.69 Å². The molecular weight excluding hydrogens is 1390 g/mol. The second-order valence-electron chi connectivity index (χ2n) is 37.9. The second-order valence-corrected chi connectivity index (χ2v) is 38.2. The van der Waals surface area contributed by atoms with E-state index in [4.69, 9.17) is 11.6 Å². The molecule has 12 nitrogen and oxygen atoms in total. The monoisotopic (exact) mass is 1540 g/mol. The predicted molar refractivity (Wildman–Crippen MR) is 455 cm³/mol. The van der Waals surface area contributed by atoms with Crippen molar-refractivity contribution in [3.8, 4) is 0 Å². The van der Waals surface area contributed by atoms with Gasteiger partial charge in [-0.1, -0.05) is 200 Å². The van der Waals surface area contributed by atoms with Crippen molar-refractivity contribution in [3.63, 3.8) is 0 Å². The van der Waals surface area contributed by atoms with Gasteiger partial charge in [-0.2, -0.15) is 0 Å². The molecule has 109 heavy (non-hydrogen) atoms. The maximum absolute atomic E-state index is 10.9. The molecule has 6 N–H and O–H groups in total. The Hall–Kier alpha value is -5.62. The molecule has 0 saturated carbocycles. The fraction of sp³-hybridized carbons (Fsp3) is 0.537. The lowest BCUT2D eigenvalue weighted by Crippen LogP contribution is -3.00. The Morgan fingerprint density at radius 2 is 0.706 bits per heavy atom. The molecule has 0 amide bonds. The minimum absolute atomic E-state index is 0. The highest BCUT2D eigenvalue weighted by molar-refractivity contribution is 6.17. The van der Waals surface area contributed by atoms with Crippen molar-refractivity contribution in [2.24, 2.45) is 16.2 Å². The number of hydrogen-bond acceptors (Lipinski definition) is 6. The average Bonchev–Trinajstić information content (AvgIpc) is 0.778. The Labute approximate surface area is 671 Å². The smallest absolute Gasteiger partial charge is 0.132 e. The number of rotatable bonds is 46. The average molecular weight is 1540 g/mol. The lowest BCUT2D eigenvalue weighted by molar-refractivity contribution is -0.929. The zero-order chi connectivity index (χ0) is 79.5. The van der Waals surface area contributed by atoms with E-state index in [2.05, 4.69) is 303 Å². The third kappa shape index (κ3) is 26.7.